The first kappa shape index (κ1) is 22.8. The molecule has 0 heterocycles. The maximum absolute atomic E-state index is 6.04. The Morgan fingerprint density at radius 3 is 0.926 bits per heavy atom. The summed E-state index contributed by atoms with van der Waals surface area (Å²) in [4.78, 5) is 0. The molecule has 0 aliphatic heterocycles. The molecule has 0 atom stereocenters. The van der Waals surface area contributed by atoms with Gasteiger partial charge in [0.1, 0.15) is 17.2 Å². The molecule has 0 aromatic heterocycles. The molecule has 0 radical (unpaired) electrons. The molecule has 0 bridgehead atoms. The van der Waals surface area contributed by atoms with Crippen molar-refractivity contribution in [3.05, 3.63) is 94.1 Å². The van der Waals surface area contributed by atoms with E-state index in [0.717, 1.165) is 17.2 Å². The Kier molecular flexibility index (Phi) is 10.9. The predicted molar refractivity (Wildman–Crippen MR) is 126 cm³/mol. The van der Waals surface area contributed by atoms with Crippen LogP contribution in [0.1, 0.15) is 0 Å². The molecule has 27 heavy (non-hydrogen) atoms. The van der Waals surface area contributed by atoms with Gasteiger partial charge in [-0.1, -0.05) is 36.5 Å². The van der Waals surface area contributed by atoms with E-state index in [1.165, 1.54) is 0 Å². The zero-order valence-corrected chi connectivity index (χ0v) is 20.3. The van der Waals surface area contributed by atoms with Gasteiger partial charge in [0, 0.05) is 34.8 Å². The van der Waals surface area contributed by atoms with Gasteiger partial charge in [0.05, 0.1) is 0 Å². The van der Waals surface area contributed by atoms with Crippen LogP contribution in [0, 0.1) is 0 Å². The number of hydrogen-bond acceptors (Lipinski definition) is 3. The molecule has 0 aliphatic rings. The zero-order chi connectivity index (χ0) is 20.1. The average molecular weight is 415 g/mol. The second-order valence-electron chi connectivity index (χ2n) is 5.98. The molecule has 1 aromatic carbocycles. The minimum absolute atomic E-state index is 0.222. The van der Waals surface area contributed by atoms with Gasteiger partial charge in [-0.2, -0.15) is 0 Å². The van der Waals surface area contributed by atoms with Gasteiger partial charge < -0.3 is 13.3 Å². The molecule has 0 N–H and O–H groups in total. The monoisotopic (exact) mass is 414 g/mol. The summed E-state index contributed by atoms with van der Waals surface area (Å²) in [6.07, 6.45) is 11.2. The third-order valence-corrected chi connectivity index (χ3v) is 8.65. The van der Waals surface area contributed by atoms with Crippen LogP contribution in [-0.4, -0.2) is 29.3 Å². The first-order valence-corrected chi connectivity index (χ1v) is 13.1. The molecule has 0 spiro atoms. The second-order valence-corrected chi connectivity index (χ2v) is 10.7. The lowest BCUT2D eigenvalue weighted by molar-refractivity contribution is 0.540. The molecular weight excluding hydrogens is 384 g/mol. The van der Waals surface area contributed by atoms with Gasteiger partial charge in [0.15, 0.2) is 0 Å². The third-order valence-electron chi connectivity index (χ3n) is 4.00. The van der Waals surface area contributed by atoms with Crippen molar-refractivity contribution in [3.8, 4) is 17.2 Å². The van der Waals surface area contributed by atoms with Crippen molar-refractivity contribution in [1.29, 1.82) is 0 Å². The van der Waals surface area contributed by atoms with E-state index in [0.29, 0.717) is 0 Å². The van der Waals surface area contributed by atoms with Crippen molar-refractivity contribution >= 4 is 29.3 Å². The number of hydrogen-bond donors (Lipinski definition) is 0. The van der Waals surface area contributed by atoms with E-state index in [1.54, 1.807) is 0 Å². The quantitative estimate of drug-likeness (QED) is 0.324. The largest absolute Gasteiger partial charge is 0.548 e. The Hall–Kier alpha value is -2.29. The summed E-state index contributed by atoms with van der Waals surface area (Å²) >= 11 is 0. The second kappa shape index (κ2) is 13.0. The summed E-state index contributed by atoms with van der Waals surface area (Å²) in [6, 6.07) is 5.75. The highest BCUT2D eigenvalue weighted by atomic mass is 28.2. The minimum atomic E-state index is -0.871. The van der Waals surface area contributed by atoms with Crippen molar-refractivity contribution < 1.29 is 13.3 Å². The van der Waals surface area contributed by atoms with Crippen molar-refractivity contribution in [2.45, 2.75) is 16.6 Å². The van der Waals surface area contributed by atoms with Crippen LogP contribution in [0.4, 0.5) is 0 Å². The fourth-order valence-corrected chi connectivity index (χ4v) is 4.54. The van der Waals surface area contributed by atoms with Crippen molar-refractivity contribution in [1.82, 2.24) is 0 Å². The fraction of sp³-hybridized carbons (Fsp3) is 0.143. The smallest absolute Gasteiger partial charge is 0.230 e. The molecule has 0 saturated carbocycles. The topological polar surface area (TPSA) is 27.7 Å². The molecule has 0 saturated heterocycles. The molecule has 3 nitrogen and oxygen atoms in total. The minimum Gasteiger partial charge on any atom is -0.548 e. The Balaban J connectivity index is 2.94. The Bertz CT molecular complexity index is 546. The maximum atomic E-state index is 6.04. The van der Waals surface area contributed by atoms with Crippen molar-refractivity contribution in [2.75, 3.05) is 0 Å². The van der Waals surface area contributed by atoms with Gasteiger partial charge in [-0.3, -0.25) is 0 Å². The van der Waals surface area contributed by atoms with Crippen LogP contribution in [0.3, 0.4) is 0 Å². The van der Waals surface area contributed by atoms with Crippen LogP contribution in [-0.2, 0) is 0 Å². The lowest BCUT2D eigenvalue weighted by Crippen LogP contribution is -2.11. The number of allylic oxidation sites excluding steroid dienone is 6. The van der Waals surface area contributed by atoms with Crippen LogP contribution >= 0.6 is 0 Å². The molecule has 6 heteroatoms. The first-order chi connectivity index (χ1) is 13.1. The first-order valence-electron chi connectivity index (χ1n) is 8.88. The number of benzene rings is 1. The summed E-state index contributed by atoms with van der Waals surface area (Å²) in [7, 11) is -2.61. The lowest BCUT2D eigenvalue weighted by atomic mass is 10.3. The van der Waals surface area contributed by atoms with Crippen LogP contribution < -0.4 is 13.3 Å². The van der Waals surface area contributed by atoms with Gasteiger partial charge in [0.25, 0.3) is 0 Å². The van der Waals surface area contributed by atoms with E-state index in [9.17, 15) is 0 Å². The third kappa shape index (κ3) is 8.29. The van der Waals surface area contributed by atoms with Gasteiger partial charge >= 0.3 is 0 Å². The molecular formula is C21H30O3Si3. The standard InChI is InChI=1S/C21H30O3Si3/c1-7-19(8-2)25-22-16-13-17(23-26-20(9-3)10-4)15-18(14-16)24-27-21(11-5)12-6/h7-15,19-21H,1-6,25-27H2. The highest BCUT2D eigenvalue weighted by Gasteiger charge is 2.10. The fourth-order valence-electron chi connectivity index (χ4n) is 2.07. The molecule has 0 amide bonds. The summed E-state index contributed by atoms with van der Waals surface area (Å²) in [5.41, 5.74) is 0.665. The Morgan fingerprint density at radius 2 is 0.741 bits per heavy atom. The summed E-state index contributed by atoms with van der Waals surface area (Å²) in [6.45, 7) is 22.9. The van der Waals surface area contributed by atoms with Crippen LogP contribution in [0.5, 0.6) is 17.2 Å². The van der Waals surface area contributed by atoms with E-state index in [4.69, 9.17) is 13.3 Å². The average Bonchev–Trinajstić information content (AvgIpc) is 2.70. The summed E-state index contributed by atoms with van der Waals surface area (Å²) in [5, 5.41) is 0. The van der Waals surface area contributed by atoms with Crippen LogP contribution in [0.2, 0.25) is 16.6 Å². The van der Waals surface area contributed by atoms with Gasteiger partial charge in [-0.25, -0.2) is 0 Å². The van der Waals surface area contributed by atoms with Crippen LogP contribution in [0.25, 0.3) is 0 Å². The van der Waals surface area contributed by atoms with E-state index >= 15 is 0 Å². The zero-order valence-electron chi connectivity index (χ0n) is 16.0. The maximum Gasteiger partial charge on any atom is 0.230 e. The molecule has 0 unspecified atom stereocenters. The van der Waals surface area contributed by atoms with E-state index in [-0.39, 0.29) is 16.6 Å². The molecule has 0 fully saturated rings. The predicted octanol–water partition coefficient (Wildman–Crippen LogP) is 3.56. The lowest BCUT2D eigenvalue weighted by Gasteiger charge is -2.17. The van der Waals surface area contributed by atoms with Crippen molar-refractivity contribution in [3.63, 3.8) is 0 Å². The molecule has 144 valence electrons. The van der Waals surface area contributed by atoms with E-state index in [1.807, 2.05) is 54.7 Å². The SMILES string of the molecule is C=CC(C=C)[SiH2]Oc1cc(O[SiH2]C(C=C)C=C)cc(O[SiH2]C(C=C)C=C)c1. The van der Waals surface area contributed by atoms with Gasteiger partial charge in [-0.15, -0.1) is 39.5 Å². The highest BCUT2D eigenvalue weighted by molar-refractivity contribution is 6.33. The highest BCUT2D eigenvalue weighted by Crippen LogP contribution is 2.29. The van der Waals surface area contributed by atoms with E-state index in [2.05, 4.69) is 39.5 Å². The summed E-state index contributed by atoms with van der Waals surface area (Å²) < 4.78 is 18.1. The normalized spacial score (nSPS) is 11.7. The summed E-state index contributed by atoms with van der Waals surface area (Å²) in [5.74, 6) is 2.27. The van der Waals surface area contributed by atoms with E-state index < -0.39 is 29.3 Å². The van der Waals surface area contributed by atoms with Gasteiger partial charge in [0.2, 0.25) is 29.3 Å². The molecule has 0 aliphatic carbocycles. The van der Waals surface area contributed by atoms with Crippen molar-refractivity contribution in [2.24, 2.45) is 0 Å². The Labute approximate surface area is 170 Å². The molecule has 1 aromatic rings. The Morgan fingerprint density at radius 1 is 0.519 bits per heavy atom. The number of rotatable bonds is 15. The van der Waals surface area contributed by atoms with Gasteiger partial charge in [-0.05, 0) is 0 Å². The van der Waals surface area contributed by atoms with Crippen LogP contribution in [0.15, 0.2) is 94.1 Å². The molecule has 1 rings (SSSR count).